The van der Waals surface area contributed by atoms with Crippen molar-refractivity contribution in [1.82, 2.24) is 0 Å². The monoisotopic (exact) mass is 156 g/mol. The fraction of sp³-hybridized carbons (Fsp3) is 0.857. The zero-order valence-electron chi connectivity index (χ0n) is 6.19. The number of rotatable bonds is 1. The predicted molar refractivity (Wildman–Crippen MR) is 38.6 cm³/mol. The van der Waals surface area contributed by atoms with Crippen molar-refractivity contribution in [2.75, 3.05) is 0 Å². The summed E-state index contributed by atoms with van der Waals surface area (Å²) in [6.07, 6.45) is 2.01. The second-order valence-electron chi connectivity index (χ2n) is 3.30. The van der Waals surface area contributed by atoms with Gasteiger partial charge in [0.25, 0.3) is 0 Å². The Labute approximate surface area is 64.9 Å². The van der Waals surface area contributed by atoms with Crippen molar-refractivity contribution < 1.29 is 9.53 Å². The number of fused-ring (bicyclic) bond motifs is 2. The van der Waals surface area contributed by atoms with E-state index in [1.165, 1.54) is 0 Å². The molecular weight excluding hydrogens is 144 g/mol. The first kappa shape index (κ1) is 7.06. The van der Waals surface area contributed by atoms with Gasteiger partial charge in [-0.25, -0.2) is 0 Å². The molecule has 2 aliphatic heterocycles. The Hall–Kier alpha value is -0.610. The van der Waals surface area contributed by atoms with E-state index in [9.17, 15) is 4.79 Å². The lowest BCUT2D eigenvalue weighted by atomic mass is 9.85. The summed E-state index contributed by atoms with van der Waals surface area (Å²) in [6, 6.07) is -0.161. The summed E-state index contributed by atoms with van der Waals surface area (Å²) in [4.78, 5) is 10.9. The number of hydrogen-bond acceptors (Lipinski definition) is 3. The Balaban J connectivity index is 2.17. The first-order valence-corrected chi connectivity index (χ1v) is 3.90. The molecule has 2 heterocycles. The first-order chi connectivity index (χ1) is 5.20. The maximum absolute atomic E-state index is 10.9. The Morgan fingerprint density at radius 1 is 1.36 bits per heavy atom. The number of ether oxygens (including phenoxy) is 1. The third-order valence-corrected chi connectivity index (χ3v) is 2.66. The van der Waals surface area contributed by atoms with E-state index in [2.05, 4.69) is 0 Å². The molecule has 11 heavy (non-hydrogen) atoms. The van der Waals surface area contributed by atoms with Crippen molar-refractivity contribution in [2.45, 2.75) is 31.1 Å². The molecule has 2 saturated heterocycles. The highest BCUT2D eigenvalue weighted by atomic mass is 16.5. The van der Waals surface area contributed by atoms with Gasteiger partial charge in [0.05, 0.1) is 18.1 Å². The van der Waals surface area contributed by atoms with Crippen molar-refractivity contribution in [2.24, 2.45) is 17.4 Å². The van der Waals surface area contributed by atoms with Crippen LogP contribution in [-0.2, 0) is 9.53 Å². The Kier molecular flexibility index (Phi) is 1.40. The molecule has 4 atom stereocenters. The zero-order valence-corrected chi connectivity index (χ0v) is 6.19. The first-order valence-electron chi connectivity index (χ1n) is 3.90. The third kappa shape index (κ3) is 0.862. The van der Waals surface area contributed by atoms with E-state index >= 15 is 0 Å². The molecule has 4 heteroatoms. The Morgan fingerprint density at radius 3 is 2.36 bits per heavy atom. The number of amides is 1. The van der Waals surface area contributed by atoms with Gasteiger partial charge in [-0.15, -0.1) is 0 Å². The molecule has 2 bridgehead atoms. The fourth-order valence-electron chi connectivity index (χ4n) is 2.09. The van der Waals surface area contributed by atoms with Crippen LogP contribution < -0.4 is 11.5 Å². The number of primary amides is 1. The second-order valence-corrected chi connectivity index (χ2v) is 3.30. The minimum Gasteiger partial charge on any atom is -0.372 e. The number of carbonyl (C=O) groups excluding carboxylic acids is 1. The van der Waals surface area contributed by atoms with E-state index in [1.807, 2.05) is 0 Å². The minimum absolute atomic E-state index is 0.00694. The number of nitrogens with two attached hydrogens (primary N) is 2. The van der Waals surface area contributed by atoms with Gasteiger partial charge in [0, 0.05) is 6.04 Å². The minimum atomic E-state index is -0.315. The van der Waals surface area contributed by atoms with Gasteiger partial charge in [-0.05, 0) is 12.8 Å². The quantitative estimate of drug-likeness (QED) is 0.510. The summed E-state index contributed by atoms with van der Waals surface area (Å²) in [5.41, 5.74) is 10.9. The van der Waals surface area contributed by atoms with Crippen LogP contribution in [0.1, 0.15) is 12.8 Å². The molecule has 0 aliphatic carbocycles. The number of carbonyl (C=O) groups is 1. The van der Waals surface area contributed by atoms with Gasteiger partial charge in [0.15, 0.2) is 0 Å². The summed E-state index contributed by atoms with van der Waals surface area (Å²) in [5, 5.41) is 0. The van der Waals surface area contributed by atoms with Gasteiger partial charge in [-0.2, -0.15) is 0 Å². The molecule has 0 radical (unpaired) electrons. The summed E-state index contributed by atoms with van der Waals surface area (Å²) in [7, 11) is 0. The van der Waals surface area contributed by atoms with Crippen LogP contribution in [0.5, 0.6) is 0 Å². The summed E-state index contributed by atoms with van der Waals surface area (Å²) >= 11 is 0. The van der Waals surface area contributed by atoms with E-state index < -0.39 is 0 Å². The topological polar surface area (TPSA) is 78.3 Å². The highest BCUT2D eigenvalue weighted by Crippen LogP contribution is 2.37. The van der Waals surface area contributed by atoms with Gasteiger partial charge in [-0.3, -0.25) is 4.79 Å². The van der Waals surface area contributed by atoms with E-state index in [0.29, 0.717) is 0 Å². The number of hydrogen-bond donors (Lipinski definition) is 2. The molecule has 2 fully saturated rings. The predicted octanol–water partition coefficient (Wildman–Crippen LogP) is -1.02. The molecule has 4 N–H and O–H groups in total. The van der Waals surface area contributed by atoms with Crippen molar-refractivity contribution >= 4 is 5.91 Å². The Morgan fingerprint density at radius 2 is 2.00 bits per heavy atom. The summed E-state index contributed by atoms with van der Waals surface area (Å²) in [5.74, 6) is -0.557. The second kappa shape index (κ2) is 2.19. The lowest BCUT2D eigenvalue weighted by Gasteiger charge is -2.21. The highest BCUT2D eigenvalue weighted by Gasteiger charge is 2.49. The van der Waals surface area contributed by atoms with E-state index in [0.717, 1.165) is 12.8 Å². The zero-order chi connectivity index (χ0) is 8.01. The van der Waals surface area contributed by atoms with Crippen LogP contribution in [-0.4, -0.2) is 24.2 Å². The Bertz CT molecular complexity index is 193. The summed E-state index contributed by atoms with van der Waals surface area (Å²) in [6.45, 7) is 0. The highest BCUT2D eigenvalue weighted by molar-refractivity contribution is 5.78. The molecule has 0 aromatic rings. The van der Waals surface area contributed by atoms with E-state index in [-0.39, 0.29) is 30.1 Å². The van der Waals surface area contributed by atoms with Crippen molar-refractivity contribution in [3.63, 3.8) is 0 Å². The molecule has 0 spiro atoms. The van der Waals surface area contributed by atoms with Crippen molar-refractivity contribution in [3.8, 4) is 0 Å². The van der Waals surface area contributed by atoms with Crippen molar-refractivity contribution in [1.29, 1.82) is 0 Å². The van der Waals surface area contributed by atoms with Crippen LogP contribution in [0.15, 0.2) is 0 Å². The molecular formula is C7H12N2O2. The molecule has 1 amide bonds. The van der Waals surface area contributed by atoms with Crippen molar-refractivity contribution in [3.05, 3.63) is 0 Å². The van der Waals surface area contributed by atoms with Gasteiger partial charge >= 0.3 is 0 Å². The van der Waals surface area contributed by atoms with Crippen LogP contribution in [0.3, 0.4) is 0 Å². The van der Waals surface area contributed by atoms with Crippen LogP contribution >= 0.6 is 0 Å². The SMILES string of the molecule is NC(=O)[C@@H]1[C@H](N)[C@H]2CC[C@@H]1O2. The molecule has 0 aromatic carbocycles. The lowest BCUT2D eigenvalue weighted by molar-refractivity contribution is -0.123. The molecule has 0 aromatic heterocycles. The fourth-order valence-corrected chi connectivity index (χ4v) is 2.09. The standard InChI is InChI=1S/C7H12N2O2/c8-6-4-2-1-3(11-4)5(6)7(9)10/h3-6H,1-2,8H2,(H2,9,10)/t3-,4+,5-,6+/m0/s1. The van der Waals surface area contributed by atoms with Gasteiger partial charge in [0.2, 0.25) is 5.91 Å². The van der Waals surface area contributed by atoms with E-state index in [1.54, 1.807) is 0 Å². The average molecular weight is 156 g/mol. The molecule has 0 saturated carbocycles. The lowest BCUT2D eigenvalue weighted by Crippen LogP contribution is -2.46. The molecule has 2 aliphatic rings. The van der Waals surface area contributed by atoms with Crippen LogP contribution in [0.2, 0.25) is 0 Å². The normalized spacial score (nSPS) is 48.1. The van der Waals surface area contributed by atoms with Gasteiger partial charge in [0.1, 0.15) is 0 Å². The van der Waals surface area contributed by atoms with Gasteiger partial charge in [-0.1, -0.05) is 0 Å². The maximum Gasteiger partial charge on any atom is 0.224 e. The average Bonchev–Trinajstić information content (AvgIpc) is 2.44. The van der Waals surface area contributed by atoms with Crippen LogP contribution in [0.4, 0.5) is 0 Å². The summed E-state index contributed by atoms with van der Waals surface area (Å²) < 4.78 is 5.43. The van der Waals surface area contributed by atoms with E-state index in [4.69, 9.17) is 16.2 Å². The molecule has 2 rings (SSSR count). The van der Waals surface area contributed by atoms with Crippen LogP contribution in [0, 0.1) is 5.92 Å². The van der Waals surface area contributed by atoms with Gasteiger partial charge < -0.3 is 16.2 Å². The molecule has 4 nitrogen and oxygen atoms in total. The molecule has 62 valence electrons. The molecule has 0 unspecified atom stereocenters. The largest absolute Gasteiger partial charge is 0.372 e. The third-order valence-electron chi connectivity index (χ3n) is 2.66. The maximum atomic E-state index is 10.9. The smallest absolute Gasteiger partial charge is 0.224 e. The van der Waals surface area contributed by atoms with Crippen LogP contribution in [0.25, 0.3) is 0 Å².